The van der Waals surface area contributed by atoms with E-state index < -0.39 is 0 Å². The van der Waals surface area contributed by atoms with Gasteiger partial charge in [-0.2, -0.15) is 0 Å². The van der Waals surface area contributed by atoms with Crippen LogP contribution >= 0.6 is 0 Å². The fourth-order valence-corrected chi connectivity index (χ4v) is 2.21. The van der Waals surface area contributed by atoms with Gasteiger partial charge in [-0.05, 0) is 25.0 Å². The molecule has 0 saturated carbocycles. The number of hydrogen-bond donors (Lipinski definition) is 0. The van der Waals surface area contributed by atoms with Gasteiger partial charge in [-0.3, -0.25) is 0 Å². The quantitative estimate of drug-likeness (QED) is 0.793. The Morgan fingerprint density at radius 2 is 0.800 bits per heavy atom. The number of methoxy groups -OCH3 is 4. The van der Waals surface area contributed by atoms with Crippen molar-refractivity contribution < 1.29 is 18.9 Å². The topological polar surface area (TPSA) is 36.9 Å². The van der Waals surface area contributed by atoms with Crippen LogP contribution in [0.25, 0.3) is 11.1 Å². The van der Waals surface area contributed by atoms with Gasteiger partial charge in [0, 0.05) is 0 Å². The molecule has 4 nitrogen and oxygen atoms in total. The highest BCUT2D eigenvalue weighted by Gasteiger charge is 2.27. The second-order valence-electron chi connectivity index (χ2n) is 4.44. The average molecular weight is 278 g/mol. The third kappa shape index (κ3) is 2.46. The third-order valence-electron chi connectivity index (χ3n) is 2.99. The van der Waals surface area contributed by atoms with Crippen molar-refractivity contribution in [2.75, 3.05) is 28.4 Å². The molecule has 0 aliphatic heterocycles. The molecule has 0 spiro atoms. The number of allylic oxidation sites excluding steroid dienone is 2. The lowest BCUT2D eigenvalue weighted by Gasteiger charge is -2.23. The zero-order chi connectivity index (χ0) is 15.4. The normalized spacial score (nSPS) is 9.90. The first kappa shape index (κ1) is 16.0. The molecule has 0 unspecified atom stereocenters. The molecule has 0 fully saturated rings. The van der Waals surface area contributed by atoms with Crippen LogP contribution in [0, 0.1) is 0 Å². The van der Waals surface area contributed by atoms with Gasteiger partial charge in [-0.15, -0.1) is 0 Å². The van der Waals surface area contributed by atoms with Crippen molar-refractivity contribution in [3.05, 3.63) is 24.3 Å². The van der Waals surface area contributed by atoms with Crippen molar-refractivity contribution in [3.8, 4) is 23.0 Å². The molecule has 0 bridgehead atoms. The summed E-state index contributed by atoms with van der Waals surface area (Å²) in [6, 6.07) is 0. The molecule has 0 N–H and O–H groups in total. The van der Waals surface area contributed by atoms with E-state index in [1.807, 2.05) is 13.8 Å². The van der Waals surface area contributed by atoms with Crippen LogP contribution in [0.1, 0.15) is 25.0 Å². The maximum atomic E-state index is 5.50. The van der Waals surface area contributed by atoms with Crippen LogP contribution in [-0.4, -0.2) is 28.4 Å². The summed E-state index contributed by atoms with van der Waals surface area (Å²) in [4.78, 5) is 0. The highest BCUT2D eigenvalue weighted by molar-refractivity contribution is 5.87. The predicted molar refractivity (Wildman–Crippen MR) is 82.1 cm³/mol. The molecule has 1 rings (SSSR count). The standard InChI is InChI=1S/C16H22O4/c1-9(2)11-13(17-5)15(19-7)12(10(3)4)16(20-8)14(11)18-6/h1,3H2,2,4-8H3. The highest BCUT2D eigenvalue weighted by Crippen LogP contribution is 2.52. The molecule has 0 aromatic heterocycles. The molecule has 0 amide bonds. The van der Waals surface area contributed by atoms with Gasteiger partial charge in [0.2, 0.25) is 0 Å². The van der Waals surface area contributed by atoms with Crippen LogP contribution in [0.4, 0.5) is 0 Å². The lowest BCUT2D eigenvalue weighted by molar-refractivity contribution is 0.326. The molecule has 110 valence electrons. The summed E-state index contributed by atoms with van der Waals surface area (Å²) in [6.07, 6.45) is 0. The maximum Gasteiger partial charge on any atom is 0.172 e. The summed E-state index contributed by atoms with van der Waals surface area (Å²) in [5, 5.41) is 0. The Bertz CT molecular complexity index is 462. The fourth-order valence-electron chi connectivity index (χ4n) is 2.21. The van der Waals surface area contributed by atoms with Crippen LogP contribution in [0.15, 0.2) is 13.2 Å². The van der Waals surface area contributed by atoms with Crippen molar-refractivity contribution in [2.24, 2.45) is 0 Å². The zero-order valence-electron chi connectivity index (χ0n) is 13.0. The summed E-state index contributed by atoms with van der Waals surface area (Å²) >= 11 is 0. The van der Waals surface area contributed by atoms with Gasteiger partial charge in [0.05, 0.1) is 39.6 Å². The summed E-state index contributed by atoms with van der Waals surface area (Å²) in [5.74, 6) is 2.26. The maximum absolute atomic E-state index is 5.50. The van der Waals surface area contributed by atoms with Gasteiger partial charge in [0.15, 0.2) is 23.0 Å². The second kappa shape index (κ2) is 6.37. The summed E-state index contributed by atoms with van der Waals surface area (Å²) in [6.45, 7) is 11.7. The van der Waals surface area contributed by atoms with Gasteiger partial charge in [0.25, 0.3) is 0 Å². The molecule has 0 aliphatic rings. The Labute approximate surface area is 120 Å². The van der Waals surface area contributed by atoms with Crippen molar-refractivity contribution in [2.45, 2.75) is 13.8 Å². The summed E-state index contributed by atoms with van der Waals surface area (Å²) in [7, 11) is 6.33. The van der Waals surface area contributed by atoms with E-state index in [1.54, 1.807) is 28.4 Å². The van der Waals surface area contributed by atoms with Crippen molar-refractivity contribution in [3.63, 3.8) is 0 Å². The van der Waals surface area contributed by atoms with Crippen molar-refractivity contribution in [1.82, 2.24) is 0 Å². The summed E-state index contributed by atoms with van der Waals surface area (Å²) < 4.78 is 22.0. The van der Waals surface area contributed by atoms with Crippen LogP contribution in [-0.2, 0) is 0 Å². The van der Waals surface area contributed by atoms with Gasteiger partial charge in [-0.25, -0.2) is 0 Å². The Morgan fingerprint density at radius 1 is 0.600 bits per heavy atom. The van der Waals surface area contributed by atoms with Crippen LogP contribution < -0.4 is 18.9 Å². The van der Waals surface area contributed by atoms with Crippen LogP contribution in [0.2, 0.25) is 0 Å². The van der Waals surface area contributed by atoms with Gasteiger partial charge in [-0.1, -0.05) is 13.2 Å². The molecular weight excluding hydrogens is 256 g/mol. The number of hydrogen-bond acceptors (Lipinski definition) is 4. The van der Waals surface area contributed by atoms with Gasteiger partial charge < -0.3 is 18.9 Å². The zero-order valence-corrected chi connectivity index (χ0v) is 13.0. The number of ether oxygens (including phenoxy) is 4. The van der Waals surface area contributed by atoms with E-state index >= 15 is 0 Å². The average Bonchev–Trinajstić information content (AvgIpc) is 2.42. The molecule has 0 aliphatic carbocycles. The number of rotatable bonds is 6. The predicted octanol–water partition coefficient (Wildman–Crippen LogP) is 3.79. The highest BCUT2D eigenvalue weighted by atomic mass is 16.5. The van der Waals surface area contributed by atoms with E-state index in [-0.39, 0.29) is 0 Å². The molecule has 1 aromatic carbocycles. The molecule has 0 saturated heterocycles. The summed E-state index contributed by atoms with van der Waals surface area (Å²) in [5.41, 5.74) is 3.05. The van der Waals surface area contributed by atoms with E-state index in [9.17, 15) is 0 Å². The second-order valence-corrected chi connectivity index (χ2v) is 4.44. The molecule has 1 aromatic rings. The first-order valence-electron chi connectivity index (χ1n) is 6.16. The van der Waals surface area contributed by atoms with Crippen molar-refractivity contribution >= 4 is 11.1 Å². The Morgan fingerprint density at radius 3 is 0.900 bits per heavy atom. The monoisotopic (exact) mass is 278 g/mol. The largest absolute Gasteiger partial charge is 0.492 e. The van der Waals surface area contributed by atoms with Gasteiger partial charge >= 0.3 is 0 Å². The minimum atomic E-state index is 0.565. The molecular formula is C16H22O4. The molecule has 0 radical (unpaired) electrons. The van der Waals surface area contributed by atoms with E-state index in [4.69, 9.17) is 18.9 Å². The first-order valence-corrected chi connectivity index (χ1v) is 6.16. The van der Waals surface area contributed by atoms with E-state index in [0.717, 1.165) is 22.3 Å². The fraction of sp³-hybridized carbons (Fsp3) is 0.375. The van der Waals surface area contributed by atoms with Crippen LogP contribution in [0.5, 0.6) is 23.0 Å². The third-order valence-corrected chi connectivity index (χ3v) is 2.99. The van der Waals surface area contributed by atoms with E-state index in [2.05, 4.69) is 13.2 Å². The minimum absolute atomic E-state index is 0.565. The van der Waals surface area contributed by atoms with E-state index in [1.165, 1.54) is 0 Å². The van der Waals surface area contributed by atoms with Crippen LogP contribution in [0.3, 0.4) is 0 Å². The molecule has 0 heterocycles. The number of benzene rings is 1. The smallest absolute Gasteiger partial charge is 0.172 e. The lowest BCUT2D eigenvalue weighted by atomic mass is 9.97. The van der Waals surface area contributed by atoms with Crippen molar-refractivity contribution in [1.29, 1.82) is 0 Å². The molecule has 20 heavy (non-hydrogen) atoms. The molecule has 0 atom stereocenters. The minimum Gasteiger partial charge on any atom is -0.492 e. The lowest BCUT2D eigenvalue weighted by Crippen LogP contribution is -2.04. The Hall–Kier alpha value is -2.10. The first-order chi connectivity index (χ1) is 9.44. The Kier molecular flexibility index (Phi) is 5.08. The SMILES string of the molecule is C=C(C)c1c(OC)c(OC)c(C(=C)C)c(OC)c1OC. The van der Waals surface area contributed by atoms with E-state index in [0.29, 0.717) is 23.0 Å². The van der Waals surface area contributed by atoms with Gasteiger partial charge in [0.1, 0.15) is 0 Å². The Balaban J connectivity index is 3.98. The molecule has 4 heteroatoms.